The Labute approximate surface area is 78.9 Å². The predicted molar refractivity (Wildman–Crippen MR) is 45.1 cm³/mol. The zero-order valence-electron chi connectivity index (χ0n) is 7.17. The van der Waals surface area contributed by atoms with Gasteiger partial charge in [0.1, 0.15) is 6.61 Å². The fourth-order valence-corrected chi connectivity index (χ4v) is 1.28. The van der Waals surface area contributed by atoms with Gasteiger partial charge in [-0.3, -0.25) is 4.90 Å². The average molecular weight is 199 g/mol. The molecule has 0 aliphatic carbocycles. The Bertz CT molecular complexity index is 381. The molecule has 1 fully saturated rings. The molecule has 14 heavy (non-hydrogen) atoms. The second kappa shape index (κ2) is 3.25. The average Bonchev–Trinajstić information content (AvgIpc) is 2.57. The van der Waals surface area contributed by atoms with Crippen molar-refractivity contribution in [1.29, 1.82) is 0 Å². The summed E-state index contributed by atoms with van der Waals surface area (Å²) >= 11 is 0. The summed E-state index contributed by atoms with van der Waals surface area (Å²) in [5.74, 6) is -1.90. The Kier molecular flexibility index (Phi) is 2.07. The third-order valence-electron chi connectivity index (χ3n) is 1.98. The molecule has 3 nitrogen and oxygen atoms in total. The quantitative estimate of drug-likeness (QED) is 0.691. The minimum Gasteiger partial charge on any atom is -0.447 e. The Morgan fingerprint density at radius 1 is 1.29 bits per heavy atom. The number of carbonyl (C=O) groups excluding carboxylic acids is 1. The van der Waals surface area contributed by atoms with E-state index in [0.717, 1.165) is 12.1 Å². The van der Waals surface area contributed by atoms with Gasteiger partial charge in [-0.05, 0) is 12.1 Å². The van der Waals surface area contributed by atoms with Crippen LogP contribution < -0.4 is 4.90 Å². The number of ether oxygens (including phenoxy) is 1. The second-order valence-electron chi connectivity index (χ2n) is 2.86. The van der Waals surface area contributed by atoms with Gasteiger partial charge in [-0.2, -0.15) is 0 Å². The van der Waals surface area contributed by atoms with Crippen molar-refractivity contribution in [2.24, 2.45) is 0 Å². The van der Waals surface area contributed by atoms with Crippen molar-refractivity contribution in [2.75, 3.05) is 18.1 Å². The van der Waals surface area contributed by atoms with E-state index in [2.05, 4.69) is 4.74 Å². The first-order valence-electron chi connectivity index (χ1n) is 4.08. The first kappa shape index (κ1) is 8.93. The number of cyclic esters (lactones) is 1. The van der Waals surface area contributed by atoms with E-state index in [-0.39, 0.29) is 6.61 Å². The standard InChI is InChI=1S/C9H7F2NO2/c10-7-2-1-6(5-8(7)11)12-3-4-14-9(12)13/h1-2,5H,3-4H2. The highest BCUT2D eigenvalue weighted by atomic mass is 19.2. The van der Waals surface area contributed by atoms with E-state index in [4.69, 9.17) is 0 Å². The number of amides is 1. The Balaban J connectivity index is 2.32. The summed E-state index contributed by atoms with van der Waals surface area (Å²) < 4.78 is 30.0. The van der Waals surface area contributed by atoms with Crippen LogP contribution in [0.2, 0.25) is 0 Å². The van der Waals surface area contributed by atoms with Crippen LogP contribution in [0.1, 0.15) is 0 Å². The van der Waals surface area contributed by atoms with Gasteiger partial charge in [-0.1, -0.05) is 0 Å². The summed E-state index contributed by atoms with van der Waals surface area (Å²) in [6.45, 7) is 0.641. The van der Waals surface area contributed by atoms with E-state index in [1.165, 1.54) is 11.0 Å². The van der Waals surface area contributed by atoms with E-state index >= 15 is 0 Å². The van der Waals surface area contributed by atoms with Crippen LogP contribution in [-0.4, -0.2) is 19.2 Å². The number of carbonyl (C=O) groups is 1. The van der Waals surface area contributed by atoms with Gasteiger partial charge in [0.2, 0.25) is 0 Å². The first-order chi connectivity index (χ1) is 6.68. The van der Waals surface area contributed by atoms with Crippen molar-refractivity contribution < 1.29 is 18.3 Å². The molecule has 0 saturated carbocycles. The first-order valence-corrected chi connectivity index (χ1v) is 4.08. The maximum absolute atomic E-state index is 12.8. The molecular formula is C9H7F2NO2. The van der Waals surface area contributed by atoms with Crippen LogP contribution in [0.3, 0.4) is 0 Å². The lowest BCUT2D eigenvalue weighted by molar-refractivity contribution is 0.181. The van der Waals surface area contributed by atoms with Gasteiger partial charge in [0.15, 0.2) is 11.6 Å². The fraction of sp³-hybridized carbons (Fsp3) is 0.222. The molecule has 74 valence electrons. The lowest BCUT2D eigenvalue weighted by Crippen LogP contribution is -2.23. The molecule has 1 amide bonds. The Morgan fingerprint density at radius 3 is 2.64 bits per heavy atom. The van der Waals surface area contributed by atoms with E-state index in [0.29, 0.717) is 12.2 Å². The van der Waals surface area contributed by atoms with Crippen LogP contribution >= 0.6 is 0 Å². The largest absolute Gasteiger partial charge is 0.447 e. The van der Waals surface area contributed by atoms with Crippen LogP contribution in [0, 0.1) is 11.6 Å². The molecule has 1 aliphatic rings. The van der Waals surface area contributed by atoms with Gasteiger partial charge in [-0.25, -0.2) is 13.6 Å². The molecule has 0 radical (unpaired) electrons. The molecule has 1 heterocycles. The topological polar surface area (TPSA) is 29.5 Å². The van der Waals surface area contributed by atoms with Gasteiger partial charge in [-0.15, -0.1) is 0 Å². The number of nitrogens with zero attached hydrogens (tertiary/aromatic N) is 1. The number of benzene rings is 1. The number of rotatable bonds is 1. The molecule has 0 atom stereocenters. The molecule has 0 spiro atoms. The highest BCUT2D eigenvalue weighted by Gasteiger charge is 2.24. The van der Waals surface area contributed by atoms with Crippen LogP contribution in [0.5, 0.6) is 0 Å². The summed E-state index contributed by atoms with van der Waals surface area (Å²) in [7, 11) is 0. The van der Waals surface area contributed by atoms with E-state index in [1.54, 1.807) is 0 Å². The van der Waals surface area contributed by atoms with Crippen molar-refractivity contribution in [1.82, 2.24) is 0 Å². The van der Waals surface area contributed by atoms with Gasteiger partial charge in [0.05, 0.1) is 12.2 Å². The van der Waals surface area contributed by atoms with E-state index < -0.39 is 17.7 Å². The van der Waals surface area contributed by atoms with Crippen molar-refractivity contribution in [2.45, 2.75) is 0 Å². The SMILES string of the molecule is O=C1OCCN1c1ccc(F)c(F)c1. The van der Waals surface area contributed by atoms with Gasteiger partial charge >= 0.3 is 6.09 Å². The van der Waals surface area contributed by atoms with Crippen molar-refractivity contribution in [3.8, 4) is 0 Å². The summed E-state index contributed by atoms with van der Waals surface area (Å²) in [6.07, 6.45) is -0.531. The molecule has 1 aromatic carbocycles. The lowest BCUT2D eigenvalue weighted by Gasteiger charge is -2.12. The molecule has 1 saturated heterocycles. The summed E-state index contributed by atoms with van der Waals surface area (Å²) in [5, 5.41) is 0. The molecule has 0 aromatic heterocycles. The summed E-state index contributed by atoms with van der Waals surface area (Å²) in [4.78, 5) is 12.3. The lowest BCUT2D eigenvalue weighted by atomic mass is 10.3. The maximum atomic E-state index is 12.8. The third-order valence-corrected chi connectivity index (χ3v) is 1.98. The Morgan fingerprint density at radius 2 is 2.07 bits per heavy atom. The van der Waals surface area contributed by atoms with Crippen LogP contribution in [0.25, 0.3) is 0 Å². The number of hydrogen-bond donors (Lipinski definition) is 0. The van der Waals surface area contributed by atoms with Gasteiger partial charge < -0.3 is 4.74 Å². The highest BCUT2D eigenvalue weighted by molar-refractivity contribution is 5.89. The highest BCUT2D eigenvalue weighted by Crippen LogP contribution is 2.20. The van der Waals surface area contributed by atoms with Crippen molar-refractivity contribution >= 4 is 11.8 Å². The Hall–Kier alpha value is -1.65. The third kappa shape index (κ3) is 1.41. The van der Waals surface area contributed by atoms with Gasteiger partial charge in [0.25, 0.3) is 0 Å². The number of halogens is 2. The molecule has 2 rings (SSSR count). The van der Waals surface area contributed by atoms with Crippen LogP contribution in [-0.2, 0) is 4.74 Å². The molecule has 1 aromatic rings. The smallest absolute Gasteiger partial charge is 0.414 e. The van der Waals surface area contributed by atoms with Crippen LogP contribution in [0.4, 0.5) is 19.3 Å². The normalized spacial score (nSPS) is 15.9. The predicted octanol–water partition coefficient (Wildman–Crippen LogP) is 1.92. The molecule has 0 unspecified atom stereocenters. The minimum atomic E-state index is -0.970. The minimum absolute atomic E-state index is 0.276. The van der Waals surface area contributed by atoms with Crippen molar-refractivity contribution in [3.05, 3.63) is 29.8 Å². The number of hydrogen-bond acceptors (Lipinski definition) is 2. The van der Waals surface area contributed by atoms with Gasteiger partial charge in [0, 0.05) is 6.07 Å². The zero-order chi connectivity index (χ0) is 10.1. The maximum Gasteiger partial charge on any atom is 0.414 e. The van der Waals surface area contributed by atoms with E-state index in [1.807, 2.05) is 0 Å². The summed E-state index contributed by atoms with van der Waals surface area (Å²) in [5.41, 5.74) is 0.311. The van der Waals surface area contributed by atoms with Crippen molar-refractivity contribution in [3.63, 3.8) is 0 Å². The fourth-order valence-electron chi connectivity index (χ4n) is 1.28. The number of anilines is 1. The van der Waals surface area contributed by atoms with E-state index in [9.17, 15) is 13.6 Å². The van der Waals surface area contributed by atoms with Crippen LogP contribution in [0.15, 0.2) is 18.2 Å². The summed E-state index contributed by atoms with van der Waals surface area (Å²) in [6, 6.07) is 3.29. The molecule has 0 N–H and O–H groups in total. The second-order valence-corrected chi connectivity index (χ2v) is 2.86. The monoisotopic (exact) mass is 199 g/mol. The molecular weight excluding hydrogens is 192 g/mol. The molecule has 1 aliphatic heterocycles. The molecule has 0 bridgehead atoms. The molecule has 5 heteroatoms. The zero-order valence-corrected chi connectivity index (χ0v) is 7.17.